The fourth-order valence-corrected chi connectivity index (χ4v) is 5.30. The minimum atomic E-state index is -0.566. The van der Waals surface area contributed by atoms with Crippen LogP contribution in [0.3, 0.4) is 0 Å². The van der Waals surface area contributed by atoms with Crippen molar-refractivity contribution in [3.63, 3.8) is 0 Å². The maximum atomic E-state index is 13.0. The third-order valence-electron chi connectivity index (χ3n) is 6.39. The second-order valence-corrected chi connectivity index (χ2v) is 9.16. The number of allylic oxidation sites excluding steroid dienone is 2. The average Bonchev–Trinajstić information content (AvgIpc) is 3.34. The van der Waals surface area contributed by atoms with Gasteiger partial charge in [-0.25, -0.2) is 9.59 Å². The van der Waals surface area contributed by atoms with Crippen molar-refractivity contribution in [3.05, 3.63) is 105 Å². The number of rotatable bonds is 4. The number of hydrogen-bond acceptors (Lipinski definition) is 5. The topological polar surface area (TPSA) is 64.6 Å². The van der Waals surface area contributed by atoms with E-state index in [0.717, 1.165) is 23.2 Å². The predicted molar refractivity (Wildman–Crippen MR) is 132 cm³/mol. The fourth-order valence-electron chi connectivity index (χ4n) is 4.78. The Morgan fingerprint density at radius 1 is 0.971 bits per heavy atom. The fraction of sp³-hybridized carbons (Fsp3) is 0.185. The molecule has 0 amide bonds. The largest absolute Gasteiger partial charge is 0.465 e. The number of benzene rings is 3. The number of methoxy groups -OCH3 is 1. The Kier molecular flexibility index (Phi) is 6.07. The zero-order valence-corrected chi connectivity index (χ0v) is 19.8. The van der Waals surface area contributed by atoms with Crippen LogP contribution < -0.4 is 10.1 Å². The molecular weight excluding hydrogens is 473 g/mol. The van der Waals surface area contributed by atoms with Crippen molar-refractivity contribution in [2.24, 2.45) is 5.92 Å². The van der Waals surface area contributed by atoms with Crippen LogP contribution in [0.25, 0.3) is 0 Å². The van der Waals surface area contributed by atoms with Crippen LogP contribution in [-0.4, -0.2) is 19.0 Å². The van der Waals surface area contributed by atoms with Crippen LogP contribution >= 0.6 is 23.2 Å². The van der Waals surface area contributed by atoms with Gasteiger partial charge in [0.1, 0.15) is 11.3 Å². The number of carbonyl (C=O) groups excluding carboxylic acids is 2. The van der Waals surface area contributed by atoms with Crippen molar-refractivity contribution in [2.75, 3.05) is 12.4 Å². The van der Waals surface area contributed by atoms with Gasteiger partial charge in [0, 0.05) is 21.7 Å². The van der Waals surface area contributed by atoms with E-state index >= 15 is 0 Å². The Hall–Kier alpha value is -3.28. The highest BCUT2D eigenvalue weighted by Gasteiger charge is 2.39. The summed E-state index contributed by atoms with van der Waals surface area (Å²) < 4.78 is 10.4. The van der Waals surface area contributed by atoms with E-state index in [4.69, 9.17) is 32.7 Å². The highest BCUT2D eigenvalue weighted by atomic mass is 35.5. The summed E-state index contributed by atoms with van der Waals surface area (Å²) in [6.45, 7) is 0. The van der Waals surface area contributed by atoms with Gasteiger partial charge >= 0.3 is 11.9 Å². The first-order valence-corrected chi connectivity index (χ1v) is 11.6. The molecule has 1 N–H and O–H groups in total. The molecule has 34 heavy (non-hydrogen) atoms. The van der Waals surface area contributed by atoms with Gasteiger partial charge in [0.15, 0.2) is 0 Å². The molecule has 1 aliphatic heterocycles. The van der Waals surface area contributed by atoms with Gasteiger partial charge in [0.25, 0.3) is 0 Å². The van der Waals surface area contributed by atoms with Crippen LogP contribution in [0.4, 0.5) is 5.69 Å². The number of anilines is 1. The summed E-state index contributed by atoms with van der Waals surface area (Å²) in [5, 5.41) is 4.84. The molecule has 0 fully saturated rings. The smallest absolute Gasteiger partial charge is 0.343 e. The maximum absolute atomic E-state index is 13.0. The Bertz CT molecular complexity index is 1320. The highest BCUT2D eigenvalue weighted by Crippen LogP contribution is 2.51. The normalized spacial score (nSPS) is 20.1. The van der Waals surface area contributed by atoms with Crippen LogP contribution in [0.2, 0.25) is 10.0 Å². The van der Waals surface area contributed by atoms with Gasteiger partial charge in [0.05, 0.1) is 18.7 Å². The molecule has 0 aromatic heterocycles. The monoisotopic (exact) mass is 493 g/mol. The van der Waals surface area contributed by atoms with Crippen molar-refractivity contribution in [1.29, 1.82) is 0 Å². The summed E-state index contributed by atoms with van der Waals surface area (Å²) in [5.41, 5.74) is 3.56. The molecule has 0 spiro atoms. The van der Waals surface area contributed by atoms with Crippen molar-refractivity contribution in [2.45, 2.75) is 18.4 Å². The highest BCUT2D eigenvalue weighted by molar-refractivity contribution is 6.35. The van der Waals surface area contributed by atoms with E-state index in [1.54, 1.807) is 36.4 Å². The molecule has 0 saturated heterocycles. The van der Waals surface area contributed by atoms with Gasteiger partial charge in [-0.3, -0.25) is 0 Å². The summed E-state index contributed by atoms with van der Waals surface area (Å²) >= 11 is 12.6. The third kappa shape index (κ3) is 4.06. The van der Waals surface area contributed by atoms with E-state index in [9.17, 15) is 9.59 Å². The molecule has 1 aliphatic carbocycles. The number of nitrogens with one attached hydrogen (secondary N) is 1. The second-order valence-electron chi connectivity index (χ2n) is 8.32. The number of fused-ring (bicyclic) bond motifs is 3. The molecule has 1 heterocycles. The SMILES string of the molecule is COC(=O)c1ccccc1OC(=O)c1ccc2c(c1)[C@H]1C=CC[C@@H]1[C@H](c1ccc(Cl)cc1Cl)N2. The lowest BCUT2D eigenvalue weighted by atomic mass is 9.76. The lowest BCUT2D eigenvalue weighted by Crippen LogP contribution is -2.29. The molecule has 5 nitrogen and oxygen atoms in total. The van der Waals surface area contributed by atoms with Gasteiger partial charge in [-0.15, -0.1) is 0 Å². The molecule has 0 radical (unpaired) electrons. The van der Waals surface area contributed by atoms with E-state index in [1.165, 1.54) is 7.11 Å². The average molecular weight is 494 g/mol. The van der Waals surface area contributed by atoms with E-state index in [0.29, 0.717) is 15.6 Å². The van der Waals surface area contributed by atoms with Crippen LogP contribution in [-0.2, 0) is 4.74 Å². The standard InChI is InChI=1S/C27H21Cl2NO4/c1-33-27(32)20-5-2-3-8-24(20)34-26(31)15-9-12-23-21(13-15)17-6-4-7-18(17)25(30-23)19-11-10-16(28)14-22(19)29/h2-6,8-14,17-18,25,30H,7H2,1H3/t17-,18-,25+/m0/s1. The molecule has 0 saturated carbocycles. The van der Waals surface area contributed by atoms with Crippen molar-refractivity contribution < 1.29 is 19.1 Å². The quantitative estimate of drug-likeness (QED) is 0.245. The first-order chi connectivity index (χ1) is 16.5. The summed E-state index contributed by atoms with van der Waals surface area (Å²) in [6, 6.07) is 17.6. The summed E-state index contributed by atoms with van der Waals surface area (Å²) in [4.78, 5) is 25.0. The Labute approximate surface area is 207 Å². The van der Waals surface area contributed by atoms with Crippen LogP contribution in [0.5, 0.6) is 5.75 Å². The molecular formula is C27H21Cl2NO4. The first kappa shape index (κ1) is 22.5. The first-order valence-electron chi connectivity index (χ1n) is 10.9. The molecule has 0 bridgehead atoms. The predicted octanol–water partition coefficient (Wildman–Crippen LogP) is 6.83. The molecule has 0 unspecified atom stereocenters. The molecule has 3 atom stereocenters. The van der Waals surface area contributed by atoms with Crippen molar-refractivity contribution in [1.82, 2.24) is 0 Å². The number of carbonyl (C=O) groups is 2. The minimum absolute atomic E-state index is 0.0157. The summed E-state index contributed by atoms with van der Waals surface area (Å²) in [6.07, 6.45) is 5.24. The number of para-hydroxylation sites is 1. The molecule has 172 valence electrons. The van der Waals surface area contributed by atoms with Gasteiger partial charge in [-0.2, -0.15) is 0 Å². The van der Waals surface area contributed by atoms with Crippen molar-refractivity contribution in [3.8, 4) is 5.75 Å². The number of esters is 2. The summed E-state index contributed by atoms with van der Waals surface area (Å²) in [5.74, 6) is -0.573. The van der Waals surface area contributed by atoms with Gasteiger partial charge in [-0.1, -0.05) is 53.6 Å². The van der Waals surface area contributed by atoms with E-state index < -0.39 is 11.9 Å². The van der Waals surface area contributed by atoms with Gasteiger partial charge in [-0.05, 0) is 65.9 Å². The molecule has 2 aliphatic rings. The van der Waals surface area contributed by atoms with E-state index in [2.05, 4.69) is 17.5 Å². The number of halogens is 2. The van der Waals surface area contributed by atoms with E-state index in [1.807, 2.05) is 24.3 Å². The van der Waals surface area contributed by atoms with E-state index in [-0.39, 0.29) is 29.2 Å². The second kappa shape index (κ2) is 9.16. The lowest BCUT2D eigenvalue weighted by molar-refractivity contribution is 0.0593. The van der Waals surface area contributed by atoms with Gasteiger partial charge < -0.3 is 14.8 Å². The Balaban J connectivity index is 1.45. The van der Waals surface area contributed by atoms with Crippen LogP contribution in [0.1, 0.15) is 50.2 Å². The third-order valence-corrected chi connectivity index (χ3v) is 6.95. The number of hydrogen-bond donors (Lipinski definition) is 1. The molecule has 3 aromatic carbocycles. The lowest BCUT2D eigenvalue weighted by Gasteiger charge is -2.38. The zero-order valence-electron chi connectivity index (χ0n) is 18.3. The summed E-state index contributed by atoms with van der Waals surface area (Å²) in [7, 11) is 1.29. The maximum Gasteiger partial charge on any atom is 0.343 e. The molecule has 3 aromatic rings. The Morgan fingerprint density at radius 3 is 2.59 bits per heavy atom. The minimum Gasteiger partial charge on any atom is -0.465 e. The zero-order chi connectivity index (χ0) is 23.8. The van der Waals surface area contributed by atoms with Gasteiger partial charge in [0.2, 0.25) is 0 Å². The van der Waals surface area contributed by atoms with Crippen molar-refractivity contribution >= 4 is 40.8 Å². The van der Waals surface area contributed by atoms with Crippen LogP contribution in [0, 0.1) is 5.92 Å². The Morgan fingerprint density at radius 2 is 1.79 bits per heavy atom. The van der Waals surface area contributed by atoms with Crippen LogP contribution in [0.15, 0.2) is 72.8 Å². The molecule has 7 heteroatoms. The molecule has 5 rings (SSSR count). The number of ether oxygens (including phenoxy) is 2.